The molecule has 6 heteroatoms. The number of hydrogen-bond donors (Lipinski definition) is 4. The fourth-order valence-electron chi connectivity index (χ4n) is 5.22. The van der Waals surface area contributed by atoms with Crippen LogP contribution in [-0.4, -0.2) is 40.6 Å². The molecule has 3 aromatic carbocycles. The van der Waals surface area contributed by atoms with E-state index >= 15 is 0 Å². The minimum absolute atomic E-state index is 0.0678. The van der Waals surface area contributed by atoms with Gasteiger partial charge in [0.05, 0.1) is 25.4 Å². The quantitative estimate of drug-likeness (QED) is 0.211. The Hall–Kier alpha value is -3.76. The highest BCUT2D eigenvalue weighted by atomic mass is 16.5. The van der Waals surface area contributed by atoms with Gasteiger partial charge in [-0.3, -0.25) is 5.32 Å². The van der Waals surface area contributed by atoms with Gasteiger partial charge in [0, 0.05) is 33.3 Å². The molecule has 0 aliphatic heterocycles. The first-order chi connectivity index (χ1) is 18.4. The molecule has 2 atom stereocenters. The lowest BCUT2D eigenvalue weighted by Gasteiger charge is -2.39. The number of aliphatic hydroxyl groups is 2. The zero-order chi connectivity index (χ0) is 26.7. The van der Waals surface area contributed by atoms with Gasteiger partial charge in [0.15, 0.2) is 0 Å². The van der Waals surface area contributed by atoms with Crippen molar-refractivity contribution in [2.45, 2.75) is 51.0 Å². The number of benzene rings is 3. The smallest absolute Gasteiger partial charge is 0.135 e. The van der Waals surface area contributed by atoms with Gasteiger partial charge in [-0.15, -0.1) is 0 Å². The fourth-order valence-corrected chi connectivity index (χ4v) is 5.22. The van der Waals surface area contributed by atoms with E-state index in [0.717, 1.165) is 28.5 Å². The van der Waals surface area contributed by atoms with Crippen LogP contribution in [0.4, 0.5) is 0 Å². The van der Waals surface area contributed by atoms with Crippen molar-refractivity contribution >= 4 is 10.9 Å². The molecular formula is C32H34N2O4. The SMILES string of the molecule is COc1ccccc1C#Cc1ccc(OC(C)C)c(C(O)NC2(CO)CCc3[nH]c4ccccc4c3C2)c1. The number of hydrogen-bond acceptors (Lipinski definition) is 5. The van der Waals surface area contributed by atoms with Crippen molar-refractivity contribution in [2.75, 3.05) is 13.7 Å². The molecule has 1 aliphatic carbocycles. The molecule has 196 valence electrons. The molecule has 1 aliphatic rings. The molecule has 6 nitrogen and oxygen atoms in total. The number of para-hydroxylation sites is 2. The molecule has 4 aromatic rings. The number of rotatable bonds is 7. The Bertz CT molecular complexity index is 1500. The largest absolute Gasteiger partial charge is 0.495 e. The lowest BCUT2D eigenvalue weighted by atomic mass is 9.80. The van der Waals surface area contributed by atoms with Crippen LogP contribution in [0.15, 0.2) is 66.7 Å². The summed E-state index contributed by atoms with van der Waals surface area (Å²) in [6.07, 6.45) is 0.948. The van der Waals surface area contributed by atoms with E-state index in [1.165, 1.54) is 11.3 Å². The van der Waals surface area contributed by atoms with Crippen LogP contribution in [0.25, 0.3) is 10.9 Å². The Kier molecular flexibility index (Phi) is 7.44. The van der Waals surface area contributed by atoms with Gasteiger partial charge in [0.1, 0.15) is 17.7 Å². The Morgan fingerprint density at radius 2 is 1.82 bits per heavy atom. The van der Waals surface area contributed by atoms with Gasteiger partial charge in [0.2, 0.25) is 0 Å². The topological polar surface area (TPSA) is 86.7 Å². The summed E-state index contributed by atoms with van der Waals surface area (Å²) < 4.78 is 11.5. The normalized spacial score (nSPS) is 17.5. The molecule has 0 saturated carbocycles. The predicted molar refractivity (Wildman–Crippen MR) is 149 cm³/mol. The zero-order valence-electron chi connectivity index (χ0n) is 22.0. The van der Waals surface area contributed by atoms with Gasteiger partial charge >= 0.3 is 0 Å². The Morgan fingerprint density at radius 3 is 2.61 bits per heavy atom. The standard InChI is InChI=1S/C32H34N2O4/c1-21(2)38-30-15-13-22(12-14-23-8-4-7-11-29(23)37-3)18-25(30)31(36)34-32(20-35)17-16-28-26(19-32)24-9-5-6-10-27(24)33-28/h4-11,13,15,18,21,31,33-36H,16-17,19-20H2,1-3H3. The van der Waals surface area contributed by atoms with E-state index in [4.69, 9.17) is 9.47 Å². The number of H-pyrrole nitrogens is 1. The average Bonchev–Trinajstić information content (AvgIpc) is 3.30. The van der Waals surface area contributed by atoms with Gasteiger partial charge in [-0.2, -0.15) is 0 Å². The molecule has 0 bridgehead atoms. The highest BCUT2D eigenvalue weighted by Gasteiger charge is 2.37. The Morgan fingerprint density at radius 1 is 1.03 bits per heavy atom. The summed E-state index contributed by atoms with van der Waals surface area (Å²) in [6.45, 7) is 3.80. The van der Waals surface area contributed by atoms with Crippen molar-refractivity contribution in [3.8, 4) is 23.3 Å². The van der Waals surface area contributed by atoms with Crippen LogP contribution in [0.3, 0.4) is 0 Å². The third-order valence-corrected chi connectivity index (χ3v) is 7.13. The Balaban J connectivity index is 1.45. The maximum Gasteiger partial charge on any atom is 0.135 e. The van der Waals surface area contributed by atoms with Crippen molar-refractivity contribution in [3.05, 3.63) is 94.7 Å². The lowest BCUT2D eigenvalue weighted by molar-refractivity contribution is 0.0479. The van der Waals surface area contributed by atoms with E-state index in [0.29, 0.717) is 29.9 Å². The van der Waals surface area contributed by atoms with E-state index in [1.807, 2.05) is 68.4 Å². The van der Waals surface area contributed by atoms with E-state index in [9.17, 15) is 10.2 Å². The summed E-state index contributed by atoms with van der Waals surface area (Å²) in [4.78, 5) is 3.52. The maximum absolute atomic E-state index is 11.5. The molecule has 1 aromatic heterocycles. The van der Waals surface area contributed by atoms with E-state index in [2.05, 4.69) is 34.3 Å². The van der Waals surface area contributed by atoms with Crippen molar-refractivity contribution in [1.29, 1.82) is 0 Å². The van der Waals surface area contributed by atoms with Gasteiger partial charge in [0.25, 0.3) is 0 Å². The number of methoxy groups -OCH3 is 1. The van der Waals surface area contributed by atoms with E-state index in [1.54, 1.807) is 7.11 Å². The number of ether oxygens (including phenoxy) is 2. The molecule has 1 heterocycles. The van der Waals surface area contributed by atoms with Crippen molar-refractivity contribution < 1.29 is 19.7 Å². The second-order valence-corrected chi connectivity index (χ2v) is 10.2. The number of aromatic amines is 1. The second-order valence-electron chi connectivity index (χ2n) is 10.2. The highest BCUT2D eigenvalue weighted by molar-refractivity contribution is 5.85. The number of aromatic nitrogens is 1. The average molecular weight is 511 g/mol. The van der Waals surface area contributed by atoms with Gasteiger partial charge in [-0.25, -0.2) is 0 Å². The van der Waals surface area contributed by atoms with Crippen molar-refractivity contribution in [3.63, 3.8) is 0 Å². The summed E-state index contributed by atoms with van der Waals surface area (Å²) in [5, 5.41) is 26.6. The number of nitrogens with one attached hydrogen (secondary N) is 2. The second kappa shape index (κ2) is 10.9. The minimum atomic E-state index is -1.06. The highest BCUT2D eigenvalue weighted by Crippen LogP contribution is 2.36. The fraction of sp³-hybridized carbons (Fsp3) is 0.312. The summed E-state index contributed by atoms with van der Waals surface area (Å²) >= 11 is 0. The number of aryl methyl sites for hydroxylation is 1. The van der Waals surface area contributed by atoms with Crippen LogP contribution in [0, 0.1) is 11.8 Å². The molecule has 0 amide bonds. The first kappa shape index (κ1) is 25.9. The molecule has 38 heavy (non-hydrogen) atoms. The maximum atomic E-state index is 11.5. The van der Waals surface area contributed by atoms with Gasteiger partial charge in [-0.1, -0.05) is 42.2 Å². The molecule has 0 radical (unpaired) electrons. The molecule has 4 N–H and O–H groups in total. The monoisotopic (exact) mass is 510 g/mol. The number of aliphatic hydroxyl groups excluding tert-OH is 2. The molecule has 0 saturated heterocycles. The van der Waals surface area contributed by atoms with Crippen LogP contribution in [0.2, 0.25) is 0 Å². The Labute approximate surface area is 223 Å². The molecule has 0 spiro atoms. The van der Waals surface area contributed by atoms with Crippen LogP contribution in [0.1, 0.15) is 54.4 Å². The summed E-state index contributed by atoms with van der Waals surface area (Å²) in [5.41, 5.74) is 4.92. The molecule has 2 unspecified atom stereocenters. The van der Waals surface area contributed by atoms with Crippen molar-refractivity contribution in [1.82, 2.24) is 10.3 Å². The summed E-state index contributed by atoms with van der Waals surface area (Å²) in [5.74, 6) is 7.65. The van der Waals surface area contributed by atoms with Crippen LogP contribution in [0.5, 0.6) is 11.5 Å². The number of fused-ring (bicyclic) bond motifs is 3. The summed E-state index contributed by atoms with van der Waals surface area (Å²) in [7, 11) is 1.63. The molecular weight excluding hydrogens is 476 g/mol. The van der Waals surface area contributed by atoms with Gasteiger partial charge in [-0.05, 0) is 75.1 Å². The lowest BCUT2D eigenvalue weighted by Crippen LogP contribution is -2.53. The van der Waals surface area contributed by atoms with Crippen LogP contribution in [-0.2, 0) is 12.8 Å². The van der Waals surface area contributed by atoms with Crippen LogP contribution < -0.4 is 14.8 Å². The first-order valence-corrected chi connectivity index (χ1v) is 13.0. The van der Waals surface area contributed by atoms with Crippen LogP contribution >= 0.6 is 0 Å². The molecule has 0 fully saturated rings. The van der Waals surface area contributed by atoms with Crippen molar-refractivity contribution in [2.24, 2.45) is 0 Å². The predicted octanol–water partition coefficient (Wildman–Crippen LogP) is 4.86. The third-order valence-electron chi connectivity index (χ3n) is 7.13. The summed E-state index contributed by atoms with van der Waals surface area (Å²) in [6, 6.07) is 21.4. The minimum Gasteiger partial charge on any atom is -0.495 e. The molecule has 5 rings (SSSR count). The third kappa shape index (κ3) is 5.27. The zero-order valence-corrected chi connectivity index (χ0v) is 22.0. The first-order valence-electron chi connectivity index (χ1n) is 13.0. The van der Waals surface area contributed by atoms with Gasteiger partial charge < -0.3 is 24.7 Å². The van der Waals surface area contributed by atoms with E-state index < -0.39 is 11.8 Å². The van der Waals surface area contributed by atoms with E-state index in [-0.39, 0.29) is 12.7 Å².